The predicted molar refractivity (Wildman–Crippen MR) is 109 cm³/mol. The van der Waals surface area contributed by atoms with Gasteiger partial charge in [0.2, 0.25) is 5.95 Å². The topological polar surface area (TPSA) is 57.2 Å². The molecule has 1 fully saturated rings. The Balaban J connectivity index is 1.70. The number of aromatic nitrogens is 3. The van der Waals surface area contributed by atoms with Crippen molar-refractivity contribution in [1.82, 2.24) is 19.4 Å². The van der Waals surface area contributed by atoms with E-state index in [1.165, 1.54) is 5.69 Å². The van der Waals surface area contributed by atoms with E-state index in [1.54, 1.807) is 10.6 Å². The molecule has 5 rings (SSSR count). The number of imidazole rings is 1. The highest BCUT2D eigenvalue weighted by Gasteiger charge is 2.18. The lowest BCUT2D eigenvalue weighted by molar-refractivity contribution is 0.313. The molecule has 1 aliphatic heterocycles. The molecule has 136 valence electrons. The third-order valence-corrected chi connectivity index (χ3v) is 5.35. The Kier molecular flexibility index (Phi) is 3.72. The van der Waals surface area contributed by atoms with Crippen LogP contribution in [0.2, 0.25) is 0 Å². The molecule has 0 atom stereocenters. The van der Waals surface area contributed by atoms with Gasteiger partial charge in [-0.3, -0.25) is 4.79 Å². The molecule has 0 spiro atoms. The van der Waals surface area contributed by atoms with Crippen molar-refractivity contribution in [2.45, 2.75) is 0 Å². The number of H-pyrrole nitrogens is 1. The predicted octanol–water partition coefficient (Wildman–Crippen LogP) is 2.62. The summed E-state index contributed by atoms with van der Waals surface area (Å²) in [4.78, 5) is 25.4. The normalized spacial score (nSPS) is 15.7. The minimum atomic E-state index is -0.0860. The average molecular weight is 359 g/mol. The lowest BCUT2D eigenvalue weighted by Crippen LogP contribution is -2.44. The van der Waals surface area contributed by atoms with Gasteiger partial charge in [-0.25, -0.2) is 9.55 Å². The van der Waals surface area contributed by atoms with Crippen LogP contribution in [0.5, 0.6) is 0 Å². The van der Waals surface area contributed by atoms with Crippen LogP contribution in [0.4, 0.5) is 5.69 Å². The van der Waals surface area contributed by atoms with Crippen LogP contribution in [0.1, 0.15) is 0 Å². The fraction of sp³-hybridized carbons (Fsp3) is 0.238. The first-order chi connectivity index (χ1) is 13.2. The van der Waals surface area contributed by atoms with E-state index in [2.05, 4.69) is 32.9 Å². The number of benzene rings is 2. The molecule has 3 heterocycles. The number of para-hydroxylation sites is 2. The van der Waals surface area contributed by atoms with Gasteiger partial charge in [0.25, 0.3) is 5.56 Å². The van der Waals surface area contributed by atoms with Crippen molar-refractivity contribution in [3.8, 4) is 5.95 Å². The Morgan fingerprint density at radius 2 is 1.74 bits per heavy atom. The number of hydrogen-bond acceptors (Lipinski definition) is 4. The average Bonchev–Trinajstić information content (AvgIpc) is 3.11. The van der Waals surface area contributed by atoms with E-state index < -0.39 is 0 Å². The van der Waals surface area contributed by atoms with Crippen LogP contribution < -0.4 is 10.5 Å². The number of hydrogen-bond donors (Lipinski definition) is 1. The summed E-state index contributed by atoms with van der Waals surface area (Å²) in [5.74, 6) is 0.558. The van der Waals surface area contributed by atoms with Crippen molar-refractivity contribution in [1.29, 1.82) is 0 Å². The van der Waals surface area contributed by atoms with Crippen LogP contribution in [0.25, 0.3) is 27.9 Å². The lowest BCUT2D eigenvalue weighted by atomic mass is 10.1. The summed E-state index contributed by atoms with van der Waals surface area (Å²) in [6.45, 7) is 4.05. The lowest BCUT2D eigenvalue weighted by Gasteiger charge is -2.34. The van der Waals surface area contributed by atoms with Crippen molar-refractivity contribution in [3.63, 3.8) is 0 Å². The summed E-state index contributed by atoms with van der Waals surface area (Å²) in [7, 11) is 2.15. The number of pyridine rings is 1. The van der Waals surface area contributed by atoms with Gasteiger partial charge in [-0.15, -0.1) is 0 Å². The number of anilines is 1. The number of rotatable bonds is 2. The summed E-state index contributed by atoms with van der Waals surface area (Å²) in [6.07, 6.45) is 0. The van der Waals surface area contributed by atoms with Crippen LogP contribution in [0.15, 0.2) is 59.4 Å². The van der Waals surface area contributed by atoms with E-state index in [-0.39, 0.29) is 5.56 Å². The Labute approximate surface area is 156 Å². The van der Waals surface area contributed by atoms with Gasteiger partial charge >= 0.3 is 0 Å². The van der Waals surface area contributed by atoms with Crippen molar-refractivity contribution in [3.05, 3.63) is 65.0 Å². The summed E-state index contributed by atoms with van der Waals surface area (Å²) in [5, 5.41) is 1.07. The second-order valence-corrected chi connectivity index (χ2v) is 7.08. The van der Waals surface area contributed by atoms with Crippen molar-refractivity contribution < 1.29 is 0 Å². The van der Waals surface area contributed by atoms with Gasteiger partial charge in [-0.2, -0.15) is 0 Å². The standard InChI is InChI=1S/C21H21N5O/c1-24-11-13-25(14-12-24)18-7-4-8-19-15(18)9-10-20(27)26(19)21-22-16-5-2-3-6-17(16)23-21/h2-10H,11-14H2,1H3,(H,22,23). The molecule has 0 bridgehead atoms. The van der Waals surface area contributed by atoms with E-state index in [0.717, 1.165) is 48.1 Å². The van der Waals surface area contributed by atoms with Crippen LogP contribution in [0.3, 0.4) is 0 Å². The van der Waals surface area contributed by atoms with Crippen molar-refractivity contribution >= 4 is 27.6 Å². The summed E-state index contributed by atoms with van der Waals surface area (Å²) in [5.41, 5.74) is 3.73. The molecule has 1 saturated heterocycles. The van der Waals surface area contributed by atoms with Crippen LogP contribution in [-0.4, -0.2) is 52.7 Å². The molecule has 0 unspecified atom stereocenters. The minimum absolute atomic E-state index is 0.0860. The van der Waals surface area contributed by atoms with Gasteiger partial charge in [0, 0.05) is 43.3 Å². The molecule has 0 aliphatic carbocycles. The molecule has 2 aromatic heterocycles. The van der Waals surface area contributed by atoms with Crippen LogP contribution in [-0.2, 0) is 0 Å². The molecule has 6 nitrogen and oxygen atoms in total. The molecule has 1 N–H and O–H groups in total. The fourth-order valence-corrected chi connectivity index (χ4v) is 3.84. The Morgan fingerprint density at radius 1 is 0.926 bits per heavy atom. The van der Waals surface area contributed by atoms with E-state index in [1.807, 2.05) is 42.5 Å². The van der Waals surface area contributed by atoms with Gasteiger partial charge in [0.1, 0.15) is 0 Å². The molecule has 1 aliphatic rings. The molecule has 27 heavy (non-hydrogen) atoms. The van der Waals surface area contributed by atoms with Gasteiger partial charge in [-0.05, 0) is 37.4 Å². The van der Waals surface area contributed by atoms with Crippen molar-refractivity contribution in [2.75, 3.05) is 38.1 Å². The van der Waals surface area contributed by atoms with Gasteiger partial charge in [0.05, 0.1) is 16.6 Å². The highest BCUT2D eigenvalue weighted by Crippen LogP contribution is 2.28. The summed E-state index contributed by atoms with van der Waals surface area (Å²) >= 11 is 0. The Hall–Kier alpha value is -3.12. The zero-order valence-corrected chi connectivity index (χ0v) is 15.2. The maximum atomic E-state index is 12.7. The molecule has 2 aromatic carbocycles. The molecule has 0 saturated carbocycles. The summed E-state index contributed by atoms with van der Waals surface area (Å²) < 4.78 is 1.68. The molecule has 4 aromatic rings. The number of likely N-dealkylation sites (N-methyl/N-ethyl adjacent to an activating group) is 1. The maximum Gasteiger partial charge on any atom is 0.257 e. The van der Waals surface area contributed by atoms with E-state index in [0.29, 0.717) is 5.95 Å². The fourth-order valence-electron chi connectivity index (χ4n) is 3.84. The van der Waals surface area contributed by atoms with Crippen molar-refractivity contribution in [2.24, 2.45) is 0 Å². The smallest absolute Gasteiger partial charge is 0.257 e. The molecule has 0 amide bonds. The first kappa shape index (κ1) is 16.1. The minimum Gasteiger partial charge on any atom is -0.368 e. The second kappa shape index (κ2) is 6.25. The summed E-state index contributed by atoms with van der Waals surface area (Å²) in [6, 6.07) is 17.5. The highest BCUT2D eigenvalue weighted by atomic mass is 16.1. The van der Waals surface area contributed by atoms with Gasteiger partial charge in [0.15, 0.2) is 0 Å². The SMILES string of the molecule is CN1CCN(c2cccc3c2ccc(=O)n3-c2nc3ccccc3[nH]2)CC1. The molecule has 6 heteroatoms. The third kappa shape index (κ3) is 2.69. The van der Waals surface area contributed by atoms with Crippen LogP contribution >= 0.6 is 0 Å². The Bertz CT molecular complexity index is 1150. The van der Waals surface area contributed by atoms with E-state index in [4.69, 9.17) is 0 Å². The maximum absolute atomic E-state index is 12.7. The zero-order valence-electron chi connectivity index (χ0n) is 15.2. The van der Waals surface area contributed by atoms with Gasteiger partial charge in [-0.1, -0.05) is 18.2 Å². The quantitative estimate of drug-likeness (QED) is 0.598. The Morgan fingerprint density at radius 3 is 2.56 bits per heavy atom. The number of nitrogens with zero attached hydrogens (tertiary/aromatic N) is 4. The number of aromatic amines is 1. The zero-order chi connectivity index (χ0) is 18.4. The first-order valence-corrected chi connectivity index (χ1v) is 9.24. The number of piperazine rings is 1. The number of fused-ring (bicyclic) bond motifs is 2. The van der Waals surface area contributed by atoms with Crippen LogP contribution in [0, 0.1) is 0 Å². The first-order valence-electron chi connectivity index (χ1n) is 9.24. The highest BCUT2D eigenvalue weighted by molar-refractivity contribution is 5.93. The second-order valence-electron chi connectivity index (χ2n) is 7.08. The largest absolute Gasteiger partial charge is 0.368 e. The van der Waals surface area contributed by atoms with E-state index in [9.17, 15) is 4.79 Å². The molecular weight excluding hydrogens is 338 g/mol. The third-order valence-electron chi connectivity index (χ3n) is 5.35. The number of nitrogens with one attached hydrogen (secondary N) is 1. The molecular formula is C21H21N5O. The molecule has 0 radical (unpaired) electrons. The monoisotopic (exact) mass is 359 g/mol. The van der Waals surface area contributed by atoms with Gasteiger partial charge < -0.3 is 14.8 Å². The van der Waals surface area contributed by atoms with E-state index >= 15 is 0 Å².